The Bertz CT molecular complexity index is 5980. The molecule has 8 aliphatic heterocycles. The number of aromatic nitrogens is 25. The summed E-state index contributed by atoms with van der Waals surface area (Å²) in [5.74, 6) is 0.716. The lowest BCUT2D eigenvalue weighted by Gasteiger charge is -2.16. The Labute approximate surface area is 823 Å². The van der Waals surface area contributed by atoms with E-state index in [-0.39, 0.29) is 0 Å². The van der Waals surface area contributed by atoms with Crippen LogP contribution in [0.25, 0.3) is 50.0 Å². The van der Waals surface area contributed by atoms with Crippen LogP contribution in [0.2, 0.25) is 0 Å². The van der Waals surface area contributed by atoms with E-state index in [9.17, 15) is 0 Å². The molecule has 28 heterocycles. The molecule has 0 atom stereocenters. The zero-order chi connectivity index (χ0) is 96.5. The average molecular weight is 1890 g/mol. The Morgan fingerprint density at radius 1 is 0.303 bits per heavy atom. The Morgan fingerprint density at radius 3 is 1.73 bits per heavy atom. The molecule has 0 bridgehead atoms. The number of hydrogen-bond donors (Lipinski definition) is 8. The molecule has 8 aliphatic rings. The fraction of sp³-hybridized carbons (Fsp3) is 0.211. The van der Waals surface area contributed by atoms with Gasteiger partial charge < -0.3 is 55.9 Å². The minimum absolute atomic E-state index is 0.712. The molecule has 33 heteroatoms. The van der Waals surface area contributed by atoms with Gasteiger partial charge in [-0.25, -0.2) is 38.9 Å². The van der Waals surface area contributed by atoms with Crippen LogP contribution in [0.5, 0.6) is 5.88 Å². The summed E-state index contributed by atoms with van der Waals surface area (Å²) in [6.07, 6.45) is 65.8. The van der Waals surface area contributed by atoms with Crippen molar-refractivity contribution in [3.63, 3.8) is 0 Å². The molecule has 0 saturated carbocycles. The Morgan fingerprint density at radius 2 is 0.937 bits per heavy atom. The number of pyridine rings is 11. The van der Waals surface area contributed by atoms with Crippen molar-refractivity contribution < 1.29 is 4.74 Å². The normalized spacial score (nSPS) is 13.3. The number of fused-ring (bicyclic) bond motifs is 15. The van der Waals surface area contributed by atoms with E-state index in [2.05, 4.69) is 216 Å². The number of aromatic amines is 1. The third-order valence-electron chi connectivity index (χ3n) is 23.2. The summed E-state index contributed by atoms with van der Waals surface area (Å²) < 4.78 is 16.8. The van der Waals surface area contributed by atoms with Crippen molar-refractivity contribution in [1.82, 2.24) is 138 Å². The van der Waals surface area contributed by atoms with E-state index in [1.165, 1.54) is 143 Å². The topological polar surface area (TPSA) is 368 Å². The molecule has 8 N–H and O–H groups in total. The highest BCUT2D eigenvalue weighted by Gasteiger charge is 2.14. The maximum absolute atomic E-state index is 5.25. The van der Waals surface area contributed by atoms with Gasteiger partial charge in [-0.3, -0.25) is 48.7 Å². The van der Waals surface area contributed by atoms with Crippen LogP contribution in [0.3, 0.4) is 0 Å². The molecule has 0 fully saturated rings. The highest BCUT2D eigenvalue weighted by atomic mass is 16.5. The number of nitrogens with zero attached hydrogens (tertiary/aromatic N) is 24. The van der Waals surface area contributed by atoms with Gasteiger partial charge in [0, 0.05) is 224 Å². The maximum atomic E-state index is 5.25. The molecular weight excluding hydrogens is 1770 g/mol. The number of para-hydroxylation sites is 1. The lowest BCUT2D eigenvalue weighted by Crippen LogP contribution is -2.24. The van der Waals surface area contributed by atoms with Gasteiger partial charge in [0.2, 0.25) is 5.88 Å². The van der Waals surface area contributed by atoms with Gasteiger partial charge in [0.15, 0.2) is 16.9 Å². The molecular formula is C109H116N32O. The lowest BCUT2D eigenvalue weighted by molar-refractivity contribution is 0.310. The summed E-state index contributed by atoms with van der Waals surface area (Å²) in [5, 5.41) is 39.7. The fourth-order valence-electron chi connectivity index (χ4n) is 15.9. The molecule has 30 rings (SSSR count). The minimum atomic E-state index is 0.712. The quantitative estimate of drug-likeness (QED) is 0.0699. The van der Waals surface area contributed by atoms with E-state index >= 15 is 0 Å². The highest BCUT2D eigenvalue weighted by molar-refractivity contribution is 5.78. The van der Waals surface area contributed by atoms with E-state index < -0.39 is 0 Å². The van der Waals surface area contributed by atoms with Crippen molar-refractivity contribution in [3.8, 4) is 5.88 Å². The highest BCUT2D eigenvalue weighted by Crippen LogP contribution is 2.25. The van der Waals surface area contributed by atoms with Crippen molar-refractivity contribution in [2.24, 2.45) is 0 Å². The van der Waals surface area contributed by atoms with Crippen LogP contribution in [0, 0.1) is 0 Å². The first-order valence-corrected chi connectivity index (χ1v) is 47.9. The van der Waals surface area contributed by atoms with Crippen molar-refractivity contribution in [3.05, 3.63) is 436 Å². The first-order chi connectivity index (χ1) is 70.5. The van der Waals surface area contributed by atoms with Crippen LogP contribution < -0.4 is 42.0 Å². The summed E-state index contributed by atoms with van der Waals surface area (Å²) in [4.78, 5) is 59.6. The van der Waals surface area contributed by atoms with Crippen LogP contribution in [-0.2, 0) is 71.1 Å². The Kier molecular flexibility index (Phi) is 37.6. The SMILES string of the molecule is c1cc2c(cn1)CCCN2.c1cc2c(cn1)CNCC2.c1cc2c(cn1)NCCC2.c1cc2n(c1)CCC2.c1cc2nc[nH]c2cn1.c1cc2nccn2cn1.c1ccc2c(c1)CCNC2.c1ccc2ncccc2c1.c1ccn2cnnc2c1.c1ccn2nccc2c1.c1ccn2ncnc2c1.c1cn2ccnc2cn1.c1cnc2c(c1)CNCC2.c1cnc2c(c1)NCCC2.c1cnc2c(c1)NCCO2. The number of imidazole rings is 3. The standard InChI is InChI=1S/C9H7N.C9H11N.5C8H10N2.C7H8N2O.C7H6N2.C7H9N.5C6H5N3/c1-2-6-9-8(4-1)5-3-7-10-9;1-2-4-9-7-10-6-5-8(9)3-1;1-3-9-5-8-6-10-4-2-7(1)8;1-3-7-8(9-5-1)4-2-6-10-7;2*1-2-7-6-9-5-3-8(7)10-4-1;1-2-7-3-5-9-6-8(7)10-4-1;1-2-6-7(9-3-1)10-5-4-8-6;1-2-6-9-7(3-1)4-5-8-9;1-3-7-4-2-6-8(7)5-1;1-3-9-4-2-8-6(9)5-7-1;1-2-7-3-6-5(1)8-4-9-6;1-2-7-5-9-4-3-8-6(1)9;1-2-4-9-5-7-8-6(9)3-1;1-2-4-9-6(3-1)7-5-8-9/h1-7H;1-4,10H,5-7H2;2*1,3,5,10H,2,4,6H2;3,5-6,10H,1-2,4H2;1-2,4,9H,3,5-6H2;3,5-6,10H,1-2,4H2;1-3,8H,4-5H2;1-6H;1,3,5H,2,4,6H2;1-5H;1-4H,(H,8,9);3*1-5H. The third kappa shape index (κ3) is 30.3. The number of anilines is 4. The first kappa shape index (κ1) is 97.8. The predicted octanol–water partition coefficient (Wildman–Crippen LogP) is 16.9. The summed E-state index contributed by atoms with van der Waals surface area (Å²) in [5.41, 5.74) is 26.3. The Balaban J connectivity index is 0.000000109. The van der Waals surface area contributed by atoms with Crippen LogP contribution in [0.4, 0.5) is 22.7 Å². The number of hydrogen-bond acceptors (Lipinski definition) is 26. The summed E-state index contributed by atoms with van der Waals surface area (Å²) in [7, 11) is 0. The van der Waals surface area contributed by atoms with Gasteiger partial charge in [-0.1, -0.05) is 72.8 Å². The predicted molar refractivity (Wildman–Crippen MR) is 558 cm³/mol. The number of rotatable bonds is 0. The number of ether oxygens (including phenoxy) is 1. The van der Waals surface area contributed by atoms with Crippen LogP contribution in [0.1, 0.15) is 81.7 Å². The van der Waals surface area contributed by atoms with E-state index in [1.807, 2.05) is 238 Å². The van der Waals surface area contributed by atoms with Gasteiger partial charge in [-0.15, -0.1) is 10.2 Å². The fourth-order valence-corrected chi connectivity index (χ4v) is 15.9. The van der Waals surface area contributed by atoms with Gasteiger partial charge in [0.1, 0.15) is 31.2 Å². The summed E-state index contributed by atoms with van der Waals surface area (Å²) >= 11 is 0. The number of aryl methyl sites for hydroxylation is 5. The van der Waals surface area contributed by atoms with E-state index in [4.69, 9.17) is 4.74 Å². The summed E-state index contributed by atoms with van der Waals surface area (Å²) in [6.45, 7) is 12.5. The largest absolute Gasteiger partial charge is 0.474 e. The summed E-state index contributed by atoms with van der Waals surface area (Å²) in [6, 6.07) is 66.5. The molecule has 0 spiro atoms. The first-order valence-electron chi connectivity index (χ1n) is 47.9. The zero-order valence-corrected chi connectivity index (χ0v) is 79.2. The van der Waals surface area contributed by atoms with Crippen molar-refractivity contribution in [2.45, 2.75) is 96.8 Å². The molecule has 33 nitrogen and oxygen atoms in total. The third-order valence-corrected chi connectivity index (χ3v) is 23.2. The second-order valence-electron chi connectivity index (χ2n) is 32.9. The number of H-pyrrole nitrogens is 1. The van der Waals surface area contributed by atoms with Gasteiger partial charge in [-0.05, 0) is 244 Å². The van der Waals surface area contributed by atoms with Crippen molar-refractivity contribution in [2.75, 3.05) is 73.7 Å². The van der Waals surface area contributed by atoms with Crippen LogP contribution >= 0.6 is 0 Å². The van der Waals surface area contributed by atoms with Gasteiger partial charge in [0.05, 0.1) is 69.7 Å². The maximum Gasteiger partial charge on any atom is 0.237 e. The van der Waals surface area contributed by atoms with Gasteiger partial charge in [0.25, 0.3) is 0 Å². The molecule has 0 amide bonds. The van der Waals surface area contributed by atoms with E-state index in [1.54, 1.807) is 79.3 Å². The molecule has 0 aliphatic carbocycles. The molecule has 22 aromatic rings. The second kappa shape index (κ2) is 54.6. The Hall–Kier alpha value is -17.3. The molecule has 20 aromatic heterocycles. The average Bonchev–Trinajstić information content (AvgIpc) is 1.83. The second-order valence-corrected chi connectivity index (χ2v) is 32.9. The minimum Gasteiger partial charge on any atom is -0.474 e. The van der Waals surface area contributed by atoms with Crippen LogP contribution in [0.15, 0.2) is 380 Å². The smallest absolute Gasteiger partial charge is 0.237 e. The molecule has 2 aromatic carbocycles. The zero-order valence-electron chi connectivity index (χ0n) is 79.2. The van der Waals surface area contributed by atoms with E-state index in [0.717, 1.165) is 135 Å². The molecule has 0 saturated heterocycles. The van der Waals surface area contributed by atoms with Gasteiger partial charge in [-0.2, -0.15) is 10.2 Å². The number of benzene rings is 2. The van der Waals surface area contributed by atoms with Crippen molar-refractivity contribution >= 4 is 72.8 Å². The van der Waals surface area contributed by atoms with Crippen molar-refractivity contribution in [1.29, 1.82) is 0 Å². The van der Waals surface area contributed by atoms with Gasteiger partial charge >= 0.3 is 0 Å². The molecule has 0 radical (unpaired) electrons. The lowest BCUT2D eigenvalue weighted by atomic mass is 10.0. The molecule has 0 unspecified atom stereocenters. The monoisotopic (exact) mass is 1890 g/mol. The molecule has 718 valence electrons. The van der Waals surface area contributed by atoms with Crippen LogP contribution in [-0.4, -0.2) is 174 Å². The molecule has 142 heavy (non-hydrogen) atoms. The van der Waals surface area contributed by atoms with E-state index in [0.29, 0.717) is 12.5 Å². The number of nitrogens with one attached hydrogen (secondary N) is 8.